The predicted molar refractivity (Wildman–Crippen MR) is 96.2 cm³/mol. The molecule has 25 heavy (non-hydrogen) atoms. The second-order valence-corrected chi connectivity index (χ2v) is 7.15. The molecule has 2 fully saturated rings. The molecule has 0 radical (unpaired) electrons. The van der Waals surface area contributed by atoms with Gasteiger partial charge in [-0.3, -0.25) is 9.59 Å². The zero-order valence-corrected chi connectivity index (χ0v) is 15.0. The Bertz CT molecular complexity index is 585. The largest absolute Gasteiger partial charge is 0.368 e. The summed E-state index contributed by atoms with van der Waals surface area (Å²) in [6.45, 7) is 4.18. The van der Waals surface area contributed by atoms with Crippen molar-refractivity contribution in [1.29, 1.82) is 0 Å². The van der Waals surface area contributed by atoms with Crippen LogP contribution in [0.1, 0.15) is 43.2 Å². The molecule has 1 aromatic carbocycles. The highest BCUT2D eigenvalue weighted by molar-refractivity contribution is 5.81. The van der Waals surface area contributed by atoms with Crippen LogP contribution in [0.5, 0.6) is 0 Å². The highest BCUT2D eigenvalue weighted by atomic mass is 16.5. The average Bonchev–Trinajstić information content (AvgIpc) is 3.16. The lowest BCUT2D eigenvalue weighted by Crippen LogP contribution is -2.49. The van der Waals surface area contributed by atoms with E-state index in [0.29, 0.717) is 26.1 Å². The number of piperidine rings is 1. The van der Waals surface area contributed by atoms with Crippen molar-refractivity contribution in [2.45, 2.75) is 57.6 Å². The maximum atomic E-state index is 12.3. The first-order chi connectivity index (χ1) is 12.1. The zero-order chi connectivity index (χ0) is 17.6. The van der Waals surface area contributed by atoms with E-state index in [-0.39, 0.29) is 24.0 Å². The maximum absolute atomic E-state index is 12.3. The highest BCUT2D eigenvalue weighted by Gasteiger charge is 2.31. The minimum atomic E-state index is -0.236. The number of likely N-dealkylation sites (tertiary alicyclic amines) is 1. The lowest BCUT2D eigenvalue weighted by molar-refractivity contribution is -0.142. The first kappa shape index (κ1) is 17.9. The molecule has 0 aliphatic carbocycles. The van der Waals surface area contributed by atoms with E-state index in [1.165, 1.54) is 11.1 Å². The van der Waals surface area contributed by atoms with E-state index in [0.717, 1.165) is 32.1 Å². The fourth-order valence-electron chi connectivity index (χ4n) is 3.53. The summed E-state index contributed by atoms with van der Waals surface area (Å²) in [7, 11) is 0. The molecule has 0 spiro atoms. The van der Waals surface area contributed by atoms with E-state index in [1.807, 2.05) is 4.90 Å². The first-order valence-corrected chi connectivity index (χ1v) is 9.37. The molecule has 5 heteroatoms. The summed E-state index contributed by atoms with van der Waals surface area (Å²) in [6, 6.07) is 8.50. The lowest BCUT2D eigenvalue weighted by atomic mass is 10.0. The van der Waals surface area contributed by atoms with Crippen LogP contribution >= 0.6 is 0 Å². The van der Waals surface area contributed by atoms with Gasteiger partial charge in [-0.05, 0) is 44.6 Å². The molecule has 136 valence electrons. The number of carbonyl (C=O) groups is 2. The van der Waals surface area contributed by atoms with Crippen LogP contribution < -0.4 is 5.32 Å². The van der Waals surface area contributed by atoms with Gasteiger partial charge in [-0.25, -0.2) is 0 Å². The molecule has 1 aromatic rings. The van der Waals surface area contributed by atoms with Crippen LogP contribution in [0.4, 0.5) is 0 Å². The molecule has 2 heterocycles. The van der Waals surface area contributed by atoms with Gasteiger partial charge in [0.2, 0.25) is 5.91 Å². The van der Waals surface area contributed by atoms with Gasteiger partial charge in [0.25, 0.3) is 5.91 Å². The Labute approximate surface area is 149 Å². The summed E-state index contributed by atoms with van der Waals surface area (Å²) in [5.74, 6) is 0.228. The van der Waals surface area contributed by atoms with E-state index in [9.17, 15) is 9.59 Å². The summed E-state index contributed by atoms with van der Waals surface area (Å²) >= 11 is 0. The SMILES string of the molecule is Cc1ccc(CCC(=O)NC2CCN(C(=O)C3CCCO3)CC2)cc1. The van der Waals surface area contributed by atoms with Gasteiger partial charge in [-0.15, -0.1) is 0 Å². The van der Waals surface area contributed by atoms with Gasteiger partial charge in [-0.1, -0.05) is 29.8 Å². The molecule has 2 aliphatic rings. The summed E-state index contributed by atoms with van der Waals surface area (Å²) < 4.78 is 5.48. The minimum absolute atomic E-state index is 0.101. The predicted octanol–water partition coefficient (Wildman–Crippen LogP) is 2.21. The van der Waals surface area contributed by atoms with Crippen molar-refractivity contribution in [3.63, 3.8) is 0 Å². The van der Waals surface area contributed by atoms with E-state index >= 15 is 0 Å². The van der Waals surface area contributed by atoms with E-state index in [2.05, 4.69) is 36.5 Å². The Hall–Kier alpha value is -1.88. The number of rotatable bonds is 5. The number of nitrogens with zero attached hydrogens (tertiary/aromatic N) is 1. The number of aryl methyl sites for hydroxylation is 2. The third kappa shape index (κ3) is 5.05. The third-order valence-electron chi connectivity index (χ3n) is 5.14. The maximum Gasteiger partial charge on any atom is 0.251 e. The second-order valence-electron chi connectivity index (χ2n) is 7.15. The lowest BCUT2D eigenvalue weighted by Gasteiger charge is -2.33. The van der Waals surface area contributed by atoms with Crippen LogP contribution in [0.3, 0.4) is 0 Å². The Kier molecular flexibility index (Phi) is 6.08. The highest BCUT2D eigenvalue weighted by Crippen LogP contribution is 2.18. The van der Waals surface area contributed by atoms with Gasteiger partial charge < -0.3 is 15.0 Å². The number of ether oxygens (including phenoxy) is 1. The zero-order valence-electron chi connectivity index (χ0n) is 15.0. The van der Waals surface area contributed by atoms with Crippen LogP contribution in [0.25, 0.3) is 0 Å². The van der Waals surface area contributed by atoms with E-state index in [4.69, 9.17) is 4.74 Å². The monoisotopic (exact) mass is 344 g/mol. The van der Waals surface area contributed by atoms with Crippen molar-refractivity contribution in [3.05, 3.63) is 35.4 Å². The Morgan fingerprint density at radius 1 is 1.16 bits per heavy atom. The molecule has 0 bridgehead atoms. The van der Waals surface area contributed by atoms with Crippen LogP contribution in [0.15, 0.2) is 24.3 Å². The molecular weight excluding hydrogens is 316 g/mol. The van der Waals surface area contributed by atoms with E-state index in [1.54, 1.807) is 0 Å². The molecule has 1 N–H and O–H groups in total. The van der Waals surface area contributed by atoms with Crippen LogP contribution in [0.2, 0.25) is 0 Å². The molecule has 1 unspecified atom stereocenters. The smallest absolute Gasteiger partial charge is 0.251 e. The summed E-state index contributed by atoms with van der Waals surface area (Å²) in [5, 5.41) is 3.12. The summed E-state index contributed by atoms with van der Waals surface area (Å²) in [6.07, 6.45) is 4.52. The van der Waals surface area contributed by atoms with Crippen molar-refractivity contribution in [3.8, 4) is 0 Å². The van der Waals surface area contributed by atoms with Crippen molar-refractivity contribution >= 4 is 11.8 Å². The van der Waals surface area contributed by atoms with Gasteiger partial charge in [0.15, 0.2) is 0 Å². The first-order valence-electron chi connectivity index (χ1n) is 9.37. The molecule has 1 atom stereocenters. The standard InChI is InChI=1S/C20H28N2O3/c1-15-4-6-16(7-5-15)8-9-19(23)21-17-10-12-22(13-11-17)20(24)18-3-2-14-25-18/h4-7,17-18H,2-3,8-14H2,1H3,(H,21,23). The van der Waals surface area contributed by atoms with Crippen LogP contribution in [-0.2, 0) is 20.7 Å². The van der Waals surface area contributed by atoms with Crippen molar-refractivity contribution in [2.24, 2.45) is 0 Å². The molecule has 0 saturated carbocycles. The molecule has 2 aliphatic heterocycles. The van der Waals surface area contributed by atoms with E-state index < -0.39 is 0 Å². The Balaban J connectivity index is 1.37. The number of nitrogens with one attached hydrogen (secondary N) is 1. The summed E-state index contributed by atoms with van der Waals surface area (Å²) in [5.41, 5.74) is 2.43. The molecule has 0 aromatic heterocycles. The third-order valence-corrected chi connectivity index (χ3v) is 5.14. The van der Waals surface area contributed by atoms with Gasteiger partial charge in [0.05, 0.1) is 0 Å². The molecule has 3 rings (SSSR count). The van der Waals surface area contributed by atoms with Gasteiger partial charge in [0.1, 0.15) is 6.10 Å². The normalized spacial score (nSPS) is 21.3. The fourth-order valence-corrected chi connectivity index (χ4v) is 3.53. The van der Waals surface area contributed by atoms with Gasteiger partial charge in [0, 0.05) is 32.2 Å². The quantitative estimate of drug-likeness (QED) is 0.891. The van der Waals surface area contributed by atoms with Crippen LogP contribution in [0, 0.1) is 6.92 Å². The topological polar surface area (TPSA) is 58.6 Å². The van der Waals surface area contributed by atoms with Gasteiger partial charge in [-0.2, -0.15) is 0 Å². The van der Waals surface area contributed by atoms with Crippen LogP contribution in [-0.4, -0.2) is 48.6 Å². The number of hydrogen-bond acceptors (Lipinski definition) is 3. The molecule has 2 amide bonds. The molecule has 2 saturated heterocycles. The number of carbonyl (C=O) groups excluding carboxylic acids is 2. The second kappa shape index (κ2) is 8.48. The number of amides is 2. The molecular formula is C20H28N2O3. The van der Waals surface area contributed by atoms with Crippen molar-refractivity contribution in [1.82, 2.24) is 10.2 Å². The summed E-state index contributed by atoms with van der Waals surface area (Å²) in [4.78, 5) is 26.4. The number of hydrogen-bond donors (Lipinski definition) is 1. The minimum Gasteiger partial charge on any atom is -0.368 e. The van der Waals surface area contributed by atoms with Gasteiger partial charge >= 0.3 is 0 Å². The number of benzene rings is 1. The fraction of sp³-hybridized carbons (Fsp3) is 0.600. The average molecular weight is 344 g/mol. The van der Waals surface area contributed by atoms with Crippen molar-refractivity contribution in [2.75, 3.05) is 19.7 Å². The Morgan fingerprint density at radius 2 is 1.88 bits per heavy atom. The molecule has 5 nitrogen and oxygen atoms in total. The Morgan fingerprint density at radius 3 is 2.52 bits per heavy atom. The van der Waals surface area contributed by atoms with Crippen molar-refractivity contribution < 1.29 is 14.3 Å².